The maximum atomic E-state index is 9.18. The Bertz CT molecular complexity index is 233. The van der Waals surface area contributed by atoms with Crippen LogP contribution in [0.3, 0.4) is 0 Å². The SMILES string of the molecule is CC.CCc1ccnc(C(C)O)c1. The van der Waals surface area contributed by atoms with Gasteiger partial charge in [0.05, 0.1) is 11.8 Å². The average Bonchev–Trinajstić information content (AvgIpc) is 2.21. The van der Waals surface area contributed by atoms with Gasteiger partial charge in [0.15, 0.2) is 0 Å². The molecule has 0 aromatic carbocycles. The van der Waals surface area contributed by atoms with Gasteiger partial charge in [0, 0.05) is 6.20 Å². The van der Waals surface area contributed by atoms with Crippen LogP contribution in [0.15, 0.2) is 18.3 Å². The van der Waals surface area contributed by atoms with E-state index in [2.05, 4.69) is 11.9 Å². The molecule has 1 unspecified atom stereocenters. The molecule has 0 saturated carbocycles. The molecule has 1 aromatic rings. The van der Waals surface area contributed by atoms with Crippen LogP contribution < -0.4 is 0 Å². The van der Waals surface area contributed by atoms with Gasteiger partial charge in [-0.2, -0.15) is 0 Å². The van der Waals surface area contributed by atoms with E-state index in [9.17, 15) is 5.11 Å². The lowest BCUT2D eigenvalue weighted by atomic mass is 10.1. The van der Waals surface area contributed by atoms with Crippen LogP contribution in [0.5, 0.6) is 0 Å². The summed E-state index contributed by atoms with van der Waals surface area (Å²) in [6.07, 6.45) is 2.27. The van der Waals surface area contributed by atoms with Crippen molar-refractivity contribution >= 4 is 0 Å². The van der Waals surface area contributed by atoms with Gasteiger partial charge in [-0.3, -0.25) is 4.98 Å². The third-order valence-corrected chi connectivity index (χ3v) is 1.68. The van der Waals surface area contributed by atoms with Gasteiger partial charge in [-0.15, -0.1) is 0 Å². The number of pyridine rings is 1. The lowest BCUT2D eigenvalue weighted by Crippen LogP contribution is -1.95. The van der Waals surface area contributed by atoms with Crippen molar-refractivity contribution in [1.29, 1.82) is 0 Å². The van der Waals surface area contributed by atoms with Crippen molar-refractivity contribution in [3.63, 3.8) is 0 Å². The Hall–Kier alpha value is -0.890. The Labute approximate surface area is 80.6 Å². The minimum atomic E-state index is -0.457. The van der Waals surface area contributed by atoms with Crippen molar-refractivity contribution in [2.24, 2.45) is 0 Å². The van der Waals surface area contributed by atoms with E-state index in [1.54, 1.807) is 13.1 Å². The third kappa shape index (κ3) is 4.04. The number of aliphatic hydroxyl groups excluding tert-OH is 1. The van der Waals surface area contributed by atoms with Crippen molar-refractivity contribution in [3.05, 3.63) is 29.6 Å². The molecule has 74 valence electrons. The van der Waals surface area contributed by atoms with Crippen LogP contribution in [0, 0.1) is 0 Å². The van der Waals surface area contributed by atoms with E-state index >= 15 is 0 Å². The molecular weight excluding hydrogens is 162 g/mol. The Morgan fingerprint density at radius 2 is 2.08 bits per heavy atom. The maximum absolute atomic E-state index is 9.18. The van der Waals surface area contributed by atoms with Crippen molar-refractivity contribution in [3.8, 4) is 0 Å². The van der Waals surface area contributed by atoms with Gasteiger partial charge in [0.1, 0.15) is 0 Å². The summed E-state index contributed by atoms with van der Waals surface area (Å²) in [7, 11) is 0. The molecule has 1 atom stereocenters. The van der Waals surface area contributed by atoms with Gasteiger partial charge in [0.25, 0.3) is 0 Å². The minimum absolute atomic E-state index is 0.457. The Kier molecular flexibility index (Phi) is 6.15. The van der Waals surface area contributed by atoms with Gasteiger partial charge in [-0.05, 0) is 31.0 Å². The molecule has 0 fully saturated rings. The van der Waals surface area contributed by atoms with E-state index in [0.717, 1.165) is 12.1 Å². The number of nitrogens with zero attached hydrogens (tertiary/aromatic N) is 1. The standard InChI is InChI=1S/C9H13NO.C2H6/c1-3-8-4-5-10-9(6-8)7(2)11;1-2/h4-7,11H,3H2,1-2H3;1-2H3. The van der Waals surface area contributed by atoms with E-state index in [1.807, 2.05) is 26.0 Å². The summed E-state index contributed by atoms with van der Waals surface area (Å²) in [4.78, 5) is 4.04. The lowest BCUT2D eigenvalue weighted by Gasteiger charge is -2.03. The van der Waals surface area contributed by atoms with Gasteiger partial charge in [-0.25, -0.2) is 0 Å². The highest BCUT2D eigenvalue weighted by atomic mass is 16.3. The summed E-state index contributed by atoms with van der Waals surface area (Å²) in [5.41, 5.74) is 1.97. The summed E-state index contributed by atoms with van der Waals surface area (Å²) in [6.45, 7) is 7.81. The van der Waals surface area contributed by atoms with Gasteiger partial charge < -0.3 is 5.11 Å². The Morgan fingerprint density at radius 1 is 1.46 bits per heavy atom. The fourth-order valence-electron chi connectivity index (χ4n) is 0.943. The molecule has 2 nitrogen and oxygen atoms in total. The molecule has 0 spiro atoms. The van der Waals surface area contributed by atoms with Crippen LogP contribution in [-0.4, -0.2) is 10.1 Å². The zero-order valence-electron chi connectivity index (χ0n) is 8.91. The van der Waals surface area contributed by atoms with Crippen LogP contribution in [0.1, 0.15) is 45.1 Å². The molecule has 0 radical (unpaired) electrons. The molecule has 0 saturated heterocycles. The second-order valence-electron chi connectivity index (χ2n) is 2.62. The largest absolute Gasteiger partial charge is 0.387 e. The minimum Gasteiger partial charge on any atom is -0.387 e. The quantitative estimate of drug-likeness (QED) is 0.761. The number of aryl methyl sites for hydroxylation is 1. The van der Waals surface area contributed by atoms with Crippen LogP contribution in [0.2, 0.25) is 0 Å². The normalized spacial score (nSPS) is 11.5. The van der Waals surface area contributed by atoms with E-state index in [1.165, 1.54) is 5.56 Å². The van der Waals surface area contributed by atoms with Crippen molar-refractivity contribution in [2.75, 3.05) is 0 Å². The first kappa shape index (κ1) is 12.1. The molecule has 13 heavy (non-hydrogen) atoms. The lowest BCUT2D eigenvalue weighted by molar-refractivity contribution is 0.194. The average molecular weight is 181 g/mol. The molecule has 0 aliphatic rings. The van der Waals surface area contributed by atoms with Crippen molar-refractivity contribution in [1.82, 2.24) is 4.98 Å². The van der Waals surface area contributed by atoms with Crippen molar-refractivity contribution in [2.45, 2.75) is 40.2 Å². The molecule has 2 heteroatoms. The maximum Gasteiger partial charge on any atom is 0.0931 e. The van der Waals surface area contributed by atoms with Crippen LogP contribution in [0.4, 0.5) is 0 Å². The number of hydrogen-bond donors (Lipinski definition) is 1. The molecule has 0 aliphatic carbocycles. The first-order valence-corrected chi connectivity index (χ1v) is 4.87. The summed E-state index contributed by atoms with van der Waals surface area (Å²) < 4.78 is 0. The van der Waals surface area contributed by atoms with Crippen LogP contribution in [0.25, 0.3) is 0 Å². The monoisotopic (exact) mass is 181 g/mol. The second-order valence-corrected chi connectivity index (χ2v) is 2.62. The predicted octanol–water partition coefficient (Wildman–Crippen LogP) is 2.72. The van der Waals surface area contributed by atoms with E-state index < -0.39 is 6.10 Å². The summed E-state index contributed by atoms with van der Waals surface area (Å²) in [6, 6.07) is 3.90. The zero-order valence-corrected chi connectivity index (χ0v) is 8.91. The molecule has 1 heterocycles. The predicted molar refractivity (Wildman–Crippen MR) is 55.6 cm³/mol. The summed E-state index contributed by atoms with van der Waals surface area (Å²) in [5, 5.41) is 9.18. The van der Waals surface area contributed by atoms with Gasteiger partial charge >= 0.3 is 0 Å². The molecule has 0 amide bonds. The summed E-state index contributed by atoms with van der Waals surface area (Å²) in [5.74, 6) is 0. The summed E-state index contributed by atoms with van der Waals surface area (Å²) >= 11 is 0. The van der Waals surface area contributed by atoms with E-state index in [4.69, 9.17) is 0 Å². The molecule has 0 aliphatic heterocycles. The Morgan fingerprint density at radius 3 is 2.54 bits per heavy atom. The topological polar surface area (TPSA) is 33.1 Å². The molecule has 1 N–H and O–H groups in total. The highest BCUT2D eigenvalue weighted by molar-refractivity contribution is 5.17. The molecule has 1 rings (SSSR count). The smallest absolute Gasteiger partial charge is 0.0931 e. The fraction of sp³-hybridized carbons (Fsp3) is 0.545. The third-order valence-electron chi connectivity index (χ3n) is 1.68. The van der Waals surface area contributed by atoms with Crippen molar-refractivity contribution < 1.29 is 5.11 Å². The van der Waals surface area contributed by atoms with E-state index in [-0.39, 0.29) is 0 Å². The first-order chi connectivity index (χ1) is 6.24. The zero-order chi connectivity index (χ0) is 10.3. The molecule has 0 bridgehead atoms. The highest BCUT2D eigenvalue weighted by Gasteiger charge is 2.01. The van der Waals surface area contributed by atoms with Crippen LogP contribution >= 0.6 is 0 Å². The van der Waals surface area contributed by atoms with Gasteiger partial charge in [0.2, 0.25) is 0 Å². The fourth-order valence-corrected chi connectivity index (χ4v) is 0.943. The Balaban J connectivity index is 0.000000671. The first-order valence-electron chi connectivity index (χ1n) is 4.87. The highest BCUT2D eigenvalue weighted by Crippen LogP contribution is 2.10. The number of rotatable bonds is 2. The van der Waals surface area contributed by atoms with Gasteiger partial charge in [-0.1, -0.05) is 20.8 Å². The number of aromatic nitrogens is 1. The molecule has 1 aromatic heterocycles. The second kappa shape index (κ2) is 6.61. The van der Waals surface area contributed by atoms with E-state index in [0.29, 0.717) is 0 Å². The number of aliphatic hydroxyl groups is 1. The van der Waals surface area contributed by atoms with Crippen LogP contribution in [-0.2, 0) is 6.42 Å². The number of hydrogen-bond acceptors (Lipinski definition) is 2. The molecular formula is C11H19NO.